The molecule has 243 valence electrons. The van der Waals surface area contributed by atoms with Gasteiger partial charge >= 0.3 is 0 Å². The van der Waals surface area contributed by atoms with E-state index in [0.29, 0.717) is 22.3 Å². The molecule has 2 aliphatic carbocycles. The Morgan fingerprint density at radius 3 is 1.35 bits per heavy atom. The first-order valence-electron chi connectivity index (χ1n) is 13.2. The number of aliphatic hydroxyl groups excluding tert-OH is 8. The second-order valence-corrected chi connectivity index (χ2v) is 10.1. The molecule has 43 heavy (non-hydrogen) atoms. The normalized spacial score (nSPS) is 37.6. The average molecular weight is 658 g/mol. The molecule has 1 radical (unpaired) electrons. The van der Waals surface area contributed by atoms with Crippen molar-refractivity contribution in [1.29, 1.82) is 0 Å². The summed E-state index contributed by atoms with van der Waals surface area (Å²) in [6.45, 7) is 2.33. The summed E-state index contributed by atoms with van der Waals surface area (Å²) < 4.78 is 10.0. The first-order valence-corrected chi connectivity index (χ1v) is 13.2. The van der Waals surface area contributed by atoms with Gasteiger partial charge in [-0.05, 0) is 37.1 Å². The molecule has 4 aliphatic rings. The minimum absolute atomic E-state index is 0. The van der Waals surface area contributed by atoms with E-state index in [-0.39, 0.29) is 28.6 Å². The number of hydrogen-bond donors (Lipinski definition) is 10. The molecule has 2 fully saturated rings. The molecule has 10 N–H and O–H groups in total. The van der Waals surface area contributed by atoms with Crippen LogP contribution in [0.1, 0.15) is 13.8 Å². The molecule has 0 spiro atoms. The molecule has 14 nitrogen and oxygen atoms in total. The molecule has 10 atom stereocenters. The molecule has 0 aromatic carbocycles. The first-order chi connectivity index (χ1) is 19.9. The summed E-state index contributed by atoms with van der Waals surface area (Å²) in [4.78, 5) is 23.7. The summed E-state index contributed by atoms with van der Waals surface area (Å²) in [5.41, 5.74) is 1.89. The van der Waals surface area contributed by atoms with Crippen LogP contribution in [0.15, 0.2) is 71.1 Å². The molecular weight excluding hydrogens is 620 g/mol. The third-order valence-corrected chi connectivity index (χ3v) is 7.15. The predicted molar refractivity (Wildman–Crippen MR) is 146 cm³/mol. The number of ketones is 2. The number of carbonyl (C=O) groups excluding carboxylic acids is 2. The molecule has 15 heteroatoms. The van der Waals surface area contributed by atoms with E-state index in [1.54, 1.807) is 50.3 Å². The van der Waals surface area contributed by atoms with E-state index in [2.05, 4.69) is 10.6 Å². The predicted octanol–water partition coefficient (Wildman–Crippen LogP) is -3.31. The topological polar surface area (TPSA) is 238 Å². The van der Waals surface area contributed by atoms with Gasteiger partial charge in [-0.2, -0.15) is 0 Å². The van der Waals surface area contributed by atoms with E-state index in [9.17, 15) is 40.2 Å². The van der Waals surface area contributed by atoms with Crippen molar-refractivity contribution in [3.05, 3.63) is 71.1 Å². The number of allylic oxidation sites excluding steroid dienone is 10. The number of rotatable bonds is 6. The Morgan fingerprint density at radius 2 is 1.02 bits per heavy atom. The van der Waals surface area contributed by atoms with E-state index in [1.165, 1.54) is 12.4 Å². The standard InChI is InChI=1S/2C14H19NO6.Cu/c2*1-7-3-2-4-8(11(7)17)5-15-10-13(19)12(18)9(6-16)21-14(10)20;/h2*2-5,9-10,12-16,18-20H,6H2,1H3;/b8-5+;8-5-;/t2*9-,10-,12-,13-,14?;/m11./s1. The van der Waals surface area contributed by atoms with Gasteiger partial charge in [0.15, 0.2) is 24.1 Å². The van der Waals surface area contributed by atoms with Crippen LogP contribution >= 0.6 is 0 Å². The zero-order valence-corrected chi connectivity index (χ0v) is 24.3. The van der Waals surface area contributed by atoms with Crippen LogP contribution in [0.2, 0.25) is 0 Å². The zero-order valence-electron chi connectivity index (χ0n) is 23.3. The van der Waals surface area contributed by atoms with Gasteiger partial charge in [-0.15, -0.1) is 0 Å². The van der Waals surface area contributed by atoms with Crippen molar-refractivity contribution in [2.75, 3.05) is 13.2 Å². The van der Waals surface area contributed by atoms with Gasteiger partial charge in [0.2, 0.25) is 0 Å². The van der Waals surface area contributed by atoms with Gasteiger partial charge < -0.3 is 61.0 Å². The van der Waals surface area contributed by atoms with Gasteiger partial charge in [-0.25, -0.2) is 0 Å². The third-order valence-electron chi connectivity index (χ3n) is 7.15. The quantitative estimate of drug-likeness (QED) is 0.0994. The number of nitrogens with one attached hydrogen (secondary N) is 2. The summed E-state index contributed by atoms with van der Waals surface area (Å²) in [6, 6.07) is -2.02. The molecule has 4 rings (SSSR count). The molecular formula is C28H38CuN2O12. The van der Waals surface area contributed by atoms with Gasteiger partial charge in [0, 0.05) is 40.6 Å². The number of ether oxygens (including phenoxy) is 2. The van der Waals surface area contributed by atoms with Crippen LogP contribution in [0.3, 0.4) is 0 Å². The van der Waals surface area contributed by atoms with E-state index < -0.39 is 74.5 Å². The zero-order chi connectivity index (χ0) is 31.1. The molecule has 0 bridgehead atoms. The Hall–Kier alpha value is -2.50. The Balaban J connectivity index is 0.000000293. The van der Waals surface area contributed by atoms with Crippen molar-refractivity contribution in [2.45, 2.75) is 75.1 Å². The Morgan fingerprint density at radius 1 is 0.674 bits per heavy atom. The van der Waals surface area contributed by atoms with Crippen LogP contribution in [-0.4, -0.2) is 127 Å². The van der Waals surface area contributed by atoms with Crippen molar-refractivity contribution in [3.63, 3.8) is 0 Å². The average Bonchev–Trinajstić information content (AvgIpc) is 2.97. The summed E-state index contributed by atoms with van der Waals surface area (Å²) in [7, 11) is 0. The van der Waals surface area contributed by atoms with E-state index in [0.717, 1.165) is 0 Å². The third kappa shape index (κ3) is 8.79. The number of aliphatic hydroxyl groups is 8. The van der Waals surface area contributed by atoms with Crippen molar-refractivity contribution in [2.24, 2.45) is 0 Å². The Labute approximate surface area is 258 Å². The van der Waals surface area contributed by atoms with Crippen LogP contribution in [-0.2, 0) is 36.1 Å². The van der Waals surface area contributed by atoms with Crippen molar-refractivity contribution in [3.8, 4) is 0 Å². The van der Waals surface area contributed by atoms with Gasteiger partial charge in [0.05, 0.1) is 13.2 Å². The second kappa shape index (κ2) is 16.5. The van der Waals surface area contributed by atoms with E-state index in [1.807, 2.05) is 0 Å². The Kier molecular flexibility index (Phi) is 14.1. The minimum atomic E-state index is -1.42. The minimum Gasteiger partial charge on any atom is -0.394 e. The molecule has 2 unspecified atom stereocenters. The maximum atomic E-state index is 11.9. The molecule has 0 amide bonds. The molecule has 2 saturated heterocycles. The summed E-state index contributed by atoms with van der Waals surface area (Å²) >= 11 is 0. The van der Waals surface area contributed by atoms with Crippen LogP contribution in [0.25, 0.3) is 0 Å². The Bertz CT molecular complexity index is 1090. The number of hydrogen-bond acceptors (Lipinski definition) is 14. The maximum absolute atomic E-state index is 11.9. The molecule has 0 aromatic rings. The van der Waals surface area contributed by atoms with Crippen molar-refractivity contribution >= 4 is 11.6 Å². The SMILES string of the molecule is CC1=CC=C/C(=C/N[C@H]2C(O)O[C@H](CO)[C@@H](O)[C@@H]2O)C1=O.CC1=CC=C/C(=C\N[C@H]2C(O)O[C@H](CO)[C@@H](O)[C@@H]2O)C1=O.[Cu]. The largest absolute Gasteiger partial charge is 0.394 e. The van der Waals surface area contributed by atoms with Crippen LogP contribution < -0.4 is 10.6 Å². The van der Waals surface area contributed by atoms with Gasteiger partial charge in [-0.1, -0.05) is 24.3 Å². The van der Waals surface area contributed by atoms with Crippen molar-refractivity contribution in [1.82, 2.24) is 10.6 Å². The first kappa shape index (κ1) is 36.7. The van der Waals surface area contributed by atoms with Crippen molar-refractivity contribution < 1.29 is 77.0 Å². The summed E-state index contributed by atoms with van der Waals surface area (Å²) in [6.07, 6.45) is 2.39. The van der Waals surface area contributed by atoms with Crippen LogP contribution in [0.4, 0.5) is 0 Å². The van der Waals surface area contributed by atoms with E-state index in [4.69, 9.17) is 19.7 Å². The monoisotopic (exact) mass is 657 g/mol. The summed E-state index contributed by atoms with van der Waals surface area (Å²) in [5.74, 6) is -0.334. The van der Waals surface area contributed by atoms with Crippen LogP contribution in [0, 0.1) is 0 Å². The van der Waals surface area contributed by atoms with Gasteiger partial charge in [0.1, 0.15) is 48.7 Å². The molecule has 2 heterocycles. The number of carbonyl (C=O) groups is 2. The molecule has 0 saturated carbocycles. The fraction of sp³-hybridized carbons (Fsp3) is 0.500. The van der Waals surface area contributed by atoms with E-state index >= 15 is 0 Å². The fourth-order valence-electron chi connectivity index (χ4n) is 4.50. The smallest absolute Gasteiger partial charge is 0.190 e. The second-order valence-electron chi connectivity index (χ2n) is 10.1. The van der Waals surface area contributed by atoms with Crippen LogP contribution in [0.5, 0.6) is 0 Å². The number of Topliss-reactive ketones (excluding diaryl/α,β-unsaturated/α-hetero) is 2. The molecule has 0 aromatic heterocycles. The fourth-order valence-corrected chi connectivity index (χ4v) is 4.50. The van der Waals surface area contributed by atoms with Gasteiger partial charge in [0.25, 0.3) is 0 Å². The maximum Gasteiger partial charge on any atom is 0.190 e. The summed E-state index contributed by atoms with van der Waals surface area (Å²) in [5, 5.41) is 82.4. The van der Waals surface area contributed by atoms with Gasteiger partial charge in [-0.3, -0.25) is 9.59 Å². The molecule has 2 aliphatic heterocycles.